The van der Waals surface area contributed by atoms with Crippen LogP contribution >= 0.6 is 0 Å². The third-order valence-electron chi connectivity index (χ3n) is 11.8. The average Bonchev–Trinajstić information content (AvgIpc) is 3.16. The Hall–Kier alpha value is -1.14. The molecule has 0 spiro atoms. The Bertz CT molecular complexity index is 842. The van der Waals surface area contributed by atoms with E-state index in [0.29, 0.717) is 13.0 Å². The van der Waals surface area contributed by atoms with Crippen LogP contribution < -0.4 is 0 Å². The summed E-state index contributed by atoms with van der Waals surface area (Å²) in [7, 11) is 0. The summed E-state index contributed by atoms with van der Waals surface area (Å²) < 4.78 is 11.8. The van der Waals surface area contributed by atoms with Gasteiger partial charge < -0.3 is 19.5 Å². The highest BCUT2D eigenvalue weighted by atomic mass is 16.5. The van der Waals surface area contributed by atoms with Gasteiger partial charge in [-0.05, 0) is 103 Å². The Morgan fingerprint density at radius 2 is 0.964 bits per heavy atom. The number of carbonyl (C=O) groups is 2. The van der Waals surface area contributed by atoms with E-state index in [9.17, 15) is 14.7 Å². The molecule has 0 aromatic heterocycles. The highest BCUT2D eigenvalue weighted by Gasteiger charge is 2.28. The van der Waals surface area contributed by atoms with Gasteiger partial charge in [-0.25, -0.2) is 0 Å². The van der Waals surface area contributed by atoms with Gasteiger partial charge in [0.05, 0.1) is 12.0 Å². The first-order chi connectivity index (χ1) is 26.5. The lowest BCUT2D eigenvalue weighted by Crippen LogP contribution is -2.28. The van der Waals surface area contributed by atoms with Crippen LogP contribution in [0, 0.1) is 10.8 Å². The summed E-state index contributed by atoms with van der Waals surface area (Å²) in [4.78, 5) is 28.3. The molecule has 0 fully saturated rings. The van der Waals surface area contributed by atoms with Crippen molar-refractivity contribution in [2.75, 3.05) is 32.8 Å². The van der Waals surface area contributed by atoms with Crippen LogP contribution in [0.5, 0.6) is 0 Å². The molecule has 328 valence electrons. The zero-order chi connectivity index (χ0) is 40.9. The number of aliphatic hydroxyl groups excluding tert-OH is 1. The largest absolute Gasteiger partial charge is 0.465 e. The molecule has 0 amide bonds. The third-order valence-corrected chi connectivity index (χ3v) is 11.8. The Balaban J connectivity index is 4.42. The number of hydrogen-bond donors (Lipinski definition) is 1. The van der Waals surface area contributed by atoms with Crippen LogP contribution in [0.1, 0.15) is 254 Å². The van der Waals surface area contributed by atoms with Gasteiger partial charge in [-0.3, -0.25) is 9.59 Å². The molecule has 0 bridgehead atoms. The predicted molar refractivity (Wildman–Crippen MR) is 237 cm³/mol. The van der Waals surface area contributed by atoms with Crippen molar-refractivity contribution in [1.82, 2.24) is 4.90 Å². The fourth-order valence-electron chi connectivity index (χ4n) is 7.72. The van der Waals surface area contributed by atoms with Crippen LogP contribution in [0.3, 0.4) is 0 Å². The summed E-state index contributed by atoms with van der Waals surface area (Å²) in [5.74, 6) is -0.0319. The minimum atomic E-state index is -0.411. The summed E-state index contributed by atoms with van der Waals surface area (Å²) in [6, 6.07) is 0. The van der Waals surface area contributed by atoms with Crippen molar-refractivity contribution in [3.8, 4) is 0 Å². The van der Waals surface area contributed by atoms with E-state index in [1.807, 2.05) is 13.8 Å². The van der Waals surface area contributed by atoms with E-state index in [1.165, 1.54) is 116 Å². The van der Waals surface area contributed by atoms with Crippen molar-refractivity contribution >= 4 is 11.9 Å². The summed E-state index contributed by atoms with van der Waals surface area (Å²) in [6.07, 6.45) is 37.1. The number of esters is 2. The van der Waals surface area contributed by atoms with Gasteiger partial charge >= 0.3 is 11.9 Å². The first-order valence-electron chi connectivity index (χ1n) is 24.2. The van der Waals surface area contributed by atoms with Crippen molar-refractivity contribution in [3.63, 3.8) is 0 Å². The van der Waals surface area contributed by atoms with Gasteiger partial charge in [0.1, 0.15) is 6.10 Å². The SMILES string of the molecule is CCCCCCCCCOC(=O)C(C)(C)CCCCCCN(CCCO)CCCCC(C)(C)CCC(=O)OC(CCCCCCCC)CCCCCCCC. The quantitative estimate of drug-likeness (QED) is 0.0491. The Morgan fingerprint density at radius 1 is 0.527 bits per heavy atom. The zero-order valence-corrected chi connectivity index (χ0v) is 38.3. The van der Waals surface area contributed by atoms with E-state index in [2.05, 4.69) is 39.5 Å². The number of hydrogen-bond acceptors (Lipinski definition) is 6. The number of unbranched alkanes of at least 4 members (excludes halogenated alkanes) is 20. The zero-order valence-electron chi connectivity index (χ0n) is 38.3. The second kappa shape index (κ2) is 37.2. The van der Waals surface area contributed by atoms with Gasteiger partial charge in [0.2, 0.25) is 0 Å². The maximum atomic E-state index is 13.0. The van der Waals surface area contributed by atoms with Crippen LogP contribution in [-0.2, 0) is 19.1 Å². The molecule has 1 N–H and O–H groups in total. The van der Waals surface area contributed by atoms with Gasteiger partial charge in [-0.1, -0.05) is 163 Å². The molecule has 0 heterocycles. The summed E-state index contributed by atoms with van der Waals surface area (Å²) in [5, 5.41) is 9.50. The minimum Gasteiger partial charge on any atom is -0.465 e. The molecule has 6 heteroatoms. The highest BCUT2D eigenvalue weighted by molar-refractivity contribution is 5.75. The summed E-state index contributed by atoms with van der Waals surface area (Å²) in [6.45, 7) is 19.3. The summed E-state index contributed by atoms with van der Waals surface area (Å²) >= 11 is 0. The molecule has 0 radical (unpaired) electrons. The molecule has 0 aliphatic carbocycles. The van der Waals surface area contributed by atoms with Gasteiger partial charge in [0.25, 0.3) is 0 Å². The fraction of sp³-hybridized carbons (Fsp3) is 0.959. The van der Waals surface area contributed by atoms with E-state index < -0.39 is 5.41 Å². The van der Waals surface area contributed by atoms with E-state index in [4.69, 9.17) is 9.47 Å². The van der Waals surface area contributed by atoms with Gasteiger partial charge in [-0.2, -0.15) is 0 Å². The predicted octanol–water partition coefficient (Wildman–Crippen LogP) is 14.3. The standard InChI is InChI=1S/C49H97NO5/c1-8-11-14-17-20-25-32-44-54-47(53)49(6,7)38-28-23-24-30-40-50(42-33-43-51)41-31-29-37-48(4,5)39-36-46(52)55-45(34-26-21-18-15-12-9-2)35-27-22-19-16-13-10-3/h45,51H,8-44H2,1-7H3. The van der Waals surface area contributed by atoms with E-state index in [-0.39, 0.29) is 30.1 Å². The van der Waals surface area contributed by atoms with Crippen LogP contribution in [-0.4, -0.2) is 60.9 Å². The first-order valence-corrected chi connectivity index (χ1v) is 24.2. The first kappa shape index (κ1) is 53.9. The smallest absolute Gasteiger partial charge is 0.311 e. The van der Waals surface area contributed by atoms with Gasteiger partial charge in [0, 0.05) is 19.6 Å². The lowest BCUT2D eigenvalue weighted by molar-refractivity contribution is -0.154. The maximum Gasteiger partial charge on any atom is 0.311 e. The lowest BCUT2D eigenvalue weighted by Gasteiger charge is -2.26. The molecule has 6 nitrogen and oxygen atoms in total. The lowest BCUT2D eigenvalue weighted by atomic mass is 9.82. The van der Waals surface area contributed by atoms with Crippen molar-refractivity contribution in [3.05, 3.63) is 0 Å². The van der Waals surface area contributed by atoms with Gasteiger partial charge in [-0.15, -0.1) is 0 Å². The molecule has 0 atom stereocenters. The van der Waals surface area contributed by atoms with E-state index >= 15 is 0 Å². The Morgan fingerprint density at radius 3 is 1.51 bits per heavy atom. The molecule has 55 heavy (non-hydrogen) atoms. The molecule has 0 aliphatic rings. The maximum absolute atomic E-state index is 13.0. The molecule has 0 aromatic carbocycles. The molecule has 0 aromatic rings. The minimum absolute atomic E-state index is 0.00696. The van der Waals surface area contributed by atoms with Crippen LogP contribution in [0.25, 0.3) is 0 Å². The normalized spacial score (nSPS) is 12.3. The van der Waals surface area contributed by atoms with E-state index in [1.54, 1.807) is 0 Å². The Labute approximate surface area is 343 Å². The Kier molecular flexibility index (Phi) is 36.4. The number of aliphatic hydroxyl groups is 1. The number of nitrogens with zero attached hydrogens (tertiary/aromatic N) is 1. The van der Waals surface area contributed by atoms with Crippen LogP contribution in [0.4, 0.5) is 0 Å². The summed E-state index contributed by atoms with van der Waals surface area (Å²) in [5.41, 5.74) is -0.289. The average molecular weight is 780 g/mol. The molecule has 0 saturated heterocycles. The molecular formula is C49H97NO5. The van der Waals surface area contributed by atoms with E-state index in [0.717, 1.165) is 103 Å². The monoisotopic (exact) mass is 780 g/mol. The van der Waals surface area contributed by atoms with Crippen molar-refractivity contribution in [1.29, 1.82) is 0 Å². The molecule has 0 unspecified atom stereocenters. The second-order valence-corrected chi connectivity index (χ2v) is 18.6. The topological polar surface area (TPSA) is 76.1 Å². The molecule has 0 aliphatic heterocycles. The molecule has 0 rings (SSSR count). The second-order valence-electron chi connectivity index (χ2n) is 18.6. The fourth-order valence-corrected chi connectivity index (χ4v) is 7.72. The molecular weight excluding hydrogens is 683 g/mol. The molecule has 0 saturated carbocycles. The number of ether oxygens (including phenoxy) is 2. The van der Waals surface area contributed by atoms with Crippen molar-refractivity contribution in [2.24, 2.45) is 10.8 Å². The number of rotatable bonds is 42. The van der Waals surface area contributed by atoms with Crippen molar-refractivity contribution < 1.29 is 24.2 Å². The van der Waals surface area contributed by atoms with Crippen LogP contribution in [0.15, 0.2) is 0 Å². The van der Waals surface area contributed by atoms with Gasteiger partial charge in [0.15, 0.2) is 0 Å². The van der Waals surface area contributed by atoms with Crippen molar-refractivity contribution in [2.45, 2.75) is 260 Å². The van der Waals surface area contributed by atoms with Crippen LogP contribution in [0.2, 0.25) is 0 Å². The third kappa shape index (κ3) is 34.6. The highest BCUT2D eigenvalue weighted by Crippen LogP contribution is 2.30. The number of carbonyl (C=O) groups excluding carboxylic acids is 2.